The second-order valence-electron chi connectivity index (χ2n) is 7.09. The average Bonchev–Trinajstić information content (AvgIpc) is 3.20. The van der Waals surface area contributed by atoms with Gasteiger partial charge in [0.15, 0.2) is 5.16 Å². The predicted octanol–water partition coefficient (Wildman–Crippen LogP) is 3.88. The standard InChI is InChI=1S/C22H23N3O3S/c1-28-21(27)15-10-12-25(13-11-15)20(26)17-7-3-2-6-16(17)14-29-22-23-18-8-4-5-9-19(18)24-22/h2-9,15H,10-14H2,1H3,(H,23,24). The van der Waals surface area contributed by atoms with Gasteiger partial charge in [-0.15, -0.1) is 0 Å². The van der Waals surface area contributed by atoms with Gasteiger partial charge in [-0.05, 0) is 36.6 Å². The molecular weight excluding hydrogens is 386 g/mol. The van der Waals surface area contributed by atoms with Gasteiger partial charge in [-0.2, -0.15) is 0 Å². The molecule has 4 rings (SSSR count). The van der Waals surface area contributed by atoms with Gasteiger partial charge in [-0.1, -0.05) is 42.1 Å². The molecule has 0 spiro atoms. The fraction of sp³-hybridized carbons (Fsp3) is 0.318. The molecule has 3 aromatic rings. The van der Waals surface area contributed by atoms with Crippen molar-refractivity contribution in [3.8, 4) is 0 Å². The number of benzene rings is 2. The number of nitrogens with one attached hydrogen (secondary N) is 1. The number of piperidine rings is 1. The number of amides is 1. The summed E-state index contributed by atoms with van der Waals surface area (Å²) in [7, 11) is 1.41. The molecule has 0 unspecified atom stereocenters. The highest BCUT2D eigenvalue weighted by atomic mass is 32.2. The lowest BCUT2D eigenvalue weighted by molar-refractivity contribution is -0.146. The SMILES string of the molecule is COC(=O)C1CCN(C(=O)c2ccccc2CSc2nc3ccccc3[nH]2)CC1. The molecule has 29 heavy (non-hydrogen) atoms. The van der Waals surface area contributed by atoms with Crippen molar-refractivity contribution in [3.63, 3.8) is 0 Å². The second-order valence-corrected chi connectivity index (χ2v) is 8.06. The molecule has 150 valence electrons. The number of carbonyl (C=O) groups is 2. The van der Waals surface area contributed by atoms with Crippen LogP contribution in [0.25, 0.3) is 11.0 Å². The van der Waals surface area contributed by atoms with E-state index in [1.807, 2.05) is 53.4 Å². The fourth-order valence-electron chi connectivity index (χ4n) is 3.65. The summed E-state index contributed by atoms with van der Waals surface area (Å²) in [6.45, 7) is 1.15. The highest BCUT2D eigenvalue weighted by molar-refractivity contribution is 7.98. The Morgan fingerprint density at radius 2 is 1.86 bits per heavy atom. The summed E-state index contributed by atoms with van der Waals surface area (Å²) in [4.78, 5) is 34.6. The maximum absolute atomic E-state index is 13.1. The van der Waals surface area contributed by atoms with Gasteiger partial charge in [-0.25, -0.2) is 4.98 Å². The molecule has 1 aliphatic rings. The van der Waals surface area contributed by atoms with Gasteiger partial charge < -0.3 is 14.6 Å². The number of H-pyrrole nitrogens is 1. The molecule has 1 aliphatic heterocycles. The molecule has 6 nitrogen and oxygen atoms in total. The number of fused-ring (bicyclic) bond motifs is 1. The highest BCUT2D eigenvalue weighted by Gasteiger charge is 2.29. The summed E-state index contributed by atoms with van der Waals surface area (Å²) >= 11 is 1.59. The third kappa shape index (κ3) is 4.29. The summed E-state index contributed by atoms with van der Waals surface area (Å²) in [5, 5.41) is 0.840. The van der Waals surface area contributed by atoms with Crippen LogP contribution in [0, 0.1) is 5.92 Å². The van der Waals surface area contributed by atoms with Crippen molar-refractivity contribution in [2.24, 2.45) is 5.92 Å². The molecule has 0 radical (unpaired) electrons. The molecule has 1 aromatic heterocycles. The number of hydrogen-bond donors (Lipinski definition) is 1. The molecule has 0 atom stereocenters. The van der Waals surface area contributed by atoms with E-state index in [1.54, 1.807) is 11.8 Å². The maximum atomic E-state index is 13.1. The number of hydrogen-bond acceptors (Lipinski definition) is 5. The number of aromatic nitrogens is 2. The first-order chi connectivity index (χ1) is 14.2. The minimum absolute atomic E-state index is 0.0223. The number of thioether (sulfide) groups is 1. The van der Waals surface area contributed by atoms with Crippen molar-refractivity contribution in [2.45, 2.75) is 23.8 Å². The van der Waals surface area contributed by atoms with E-state index in [-0.39, 0.29) is 17.8 Å². The molecule has 1 N–H and O–H groups in total. The normalized spacial score (nSPS) is 14.9. The number of aromatic amines is 1. The minimum Gasteiger partial charge on any atom is -0.469 e. The van der Waals surface area contributed by atoms with Crippen LogP contribution in [0.2, 0.25) is 0 Å². The van der Waals surface area contributed by atoms with Crippen LogP contribution in [-0.2, 0) is 15.3 Å². The molecule has 7 heteroatoms. The topological polar surface area (TPSA) is 75.3 Å². The Bertz CT molecular complexity index is 992. The Morgan fingerprint density at radius 3 is 2.62 bits per heavy atom. The van der Waals surface area contributed by atoms with Crippen molar-refractivity contribution in [1.29, 1.82) is 0 Å². The Labute approximate surface area is 173 Å². The van der Waals surface area contributed by atoms with Gasteiger partial charge in [0.05, 0.1) is 24.1 Å². The average molecular weight is 410 g/mol. The zero-order valence-corrected chi connectivity index (χ0v) is 17.1. The predicted molar refractivity (Wildman–Crippen MR) is 113 cm³/mol. The number of esters is 1. The number of likely N-dealkylation sites (tertiary alicyclic amines) is 1. The quantitative estimate of drug-likeness (QED) is 0.511. The van der Waals surface area contributed by atoms with E-state index in [4.69, 9.17) is 4.74 Å². The van der Waals surface area contributed by atoms with E-state index < -0.39 is 0 Å². The first-order valence-electron chi connectivity index (χ1n) is 9.68. The minimum atomic E-state index is -0.181. The lowest BCUT2D eigenvalue weighted by Crippen LogP contribution is -2.40. The van der Waals surface area contributed by atoms with Crippen LogP contribution in [0.5, 0.6) is 0 Å². The zero-order valence-electron chi connectivity index (χ0n) is 16.3. The van der Waals surface area contributed by atoms with Gasteiger partial charge in [-0.3, -0.25) is 9.59 Å². The smallest absolute Gasteiger partial charge is 0.308 e. The Morgan fingerprint density at radius 1 is 1.14 bits per heavy atom. The van der Waals surface area contributed by atoms with Gasteiger partial charge in [0, 0.05) is 24.4 Å². The lowest BCUT2D eigenvalue weighted by atomic mass is 9.96. The van der Waals surface area contributed by atoms with Crippen LogP contribution >= 0.6 is 11.8 Å². The number of carbonyl (C=O) groups excluding carboxylic acids is 2. The number of methoxy groups -OCH3 is 1. The lowest BCUT2D eigenvalue weighted by Gasteiger charge is -2.31. The number of ether oxygens (including phenoxy) is 1. The molecule has 1 fully saturated rings. The van der Waals surface area contributed by atoms with Crippen molar-refractivity contribution >= 4 is 34.7 Å². The van der Waals surface area contributed by atoms with Crippen molar-refractivity contribution in [3.05, 3.63) is 59.7 Å². The van der Waals surface area contributed by atoms with E-state index in [2.05, 4.69) is 9.97 Å². The number of para-hydroxylation sites is 2. The number of rotatable bonds is 5. The molecule has 0 saturated carbocycles. The van der Waals surface area contributed by atoms with E-state index in [9.17, 15) is 9.59 Å². The Kier molecular flexibility index (Phi) is 5.85. The van der Waals surface area contributed by atoms with Gasteiger partial charge in [0.1, 0.15) is 0 Å². The van der Waals surface area contributed by atoms with E-state index >= 15 is 0 Å². The van der Waals surface area contributed by atoms with Crippen molar-refractivity contribution < 1.29 is 14.3 Å². The number of nitrogens with zero attached hydrogens (tertiary/aromatic N) is 2. The van der Waals surface area contributed by atoms with Crippen LogP contribution in [0.3, 0.4) is 0 Å². The molecular formula is C22H23N3O3S. The van der Waals surface area contributed by atoms with Crippen LogP contribution in [0.15, 0.2) is 53.7 Å². The second kappa shape index (κ2) is 8.69. The van der Waals surface area contributed by atoms with Crippen molar-refractivity contribution in [2.75, 3.05) is 20.2 Å². The van der Waals surface area contributed by atoms with Crippen LogP contribution < -0.4 is 0 Å². The first kappa shape index (κ1) is 19.5. The van der Waals surface area contributed by atoms with Crippen LogP contribution in [-0.4, -0.2) is 46.9 Å². The summed E-state index contributed by atoms with van der Waals surface area (Å²) in [6, 6.07) is 15.6. The molecule has 2 aromatic carbocycles. The monoisotopic (exact) mass is 409 g/mol. The Balaban J connectivity index is 1.44. The summed E-state index contributed by atoms with van der Waals surface area (Å²) in [6.07, 6.45) is 1.29. The summed E-state index contributed by atoms with van der Waals surface area (Å²) < 4.78 is 4.83. The van der Waals surface area contributed by atoms with E-state index in [1.165, 1.54) is 7.11 Å². The first-order valence-corrected chi connectivity index (χ1v) is 10.7. The van der Waals surface area contributed by atoms with Gasteiger partial charge in [0.25, 0.3) is 5.91 Å². The fourth-order valence-corrected chi connectivity index (χ4v) is 4.54. The Hall–Kier alpha value is -2.80. The molecule has 0 bridgehead atoms. The summed E-state index contributed by atoms with van der Waals surface area (Å²) in [5.41, 5.74) is 3.64. The third-order valence-corrected chi connectivity index (χ3v) is 6.22. The molecule has 1 amide bonds. The largest absolute Gasteiger partial charge is 0.469 e. The zero-order chi connectivity index (χ0) is 20.2. The van der Waals surface area contributed by atoms with E-state index in [0.717, 1.165) is 21.8 Å². The third-order valence-electron chi connectivity index (χ3n) is 5.30. The van der Waals surface area contributed by atoms with Crippen LogP contribution in [0.1, 0.15) is 28.8 Å². The molecule has 0 aliphatic carbocycles. The highest BCUT2D eigenvalue weighted by Crippen LogP contribution is 2.26. The maximum Gasteiger partial charge on any atom is 0.308 e. The van der Waals surface area contributed by atoms with Gasteiger partial charge in [0.2, 0.25) is 0 Å². The molecule has 2 heterocycles. The van der Waals surface area contributed by atoms with E-state index in [0.29, 0.717) is 37.2 Å². The van der Waals surface area contributed by atoms with Gasteiger partial charge >= 0.3 is 5.97 Å². The van der Waals surface area contributed by atoms with Crippen molar-refractivity contribution in [1.82, 2.24) is 14.9 Å². The summed E-state index contributed by atoms with van der Waals surface area (Å²) in [5.74, 6) is 0.386. The molecule has 1 saturated heterocycles. The number of imidazole rings is 1. The van der Waals surface area contributed by atoms with Crippen LogP contribution in [0.4, 0.5) is 0 Å².